The lowest BCUT2D eigenvalue weighted by molar-refractivity contribution is 0.102. The second-order valence-corrected chi connectivity index (χ2v) is 6.28. The number of nitrogens with zero attached hydrogens (tertiary/aromatic N) is 4. The first-order chi connectivity index (χ1) is 12.2. The van der Waals surface area contributed by atoms with Crippen molar-refractivity contribution in [3.63, 3.8) is 0 Å². The zero-order valence-corrected chi connectivity index (χ0v) is 14.1. The third-order valence-electron chi connectivity index (χ3n) is 4.57. The van der Waals surface area contributed by atoms with Crippen molar-refractivity contribution >= 4 is 28.2 Å². The summed E-state index contributed by atoms with van der Waals surface area (Å²) in [5.41, 5.74) is 3.08. The Labute approximate surface area is 145 Å². The molecule has 2 aromatic heterocycles. The molecule has 1 aliphatic rings. The Morgan fingerprint density at radius 2 is 1.88 bits per heavy atom. The summed E-state index contributed by atoms with van der Waals surface area (Å²) in [5.74, 6) is -0.244. The van der Waals surface area contributed by atoms with E-state index in [1.165, 1.54) is 5.69 Å². The van der Waals surface area contributed by atoms with Gasteiger partial charge >= 0.3 is 0 Å². The minimum atomic E-state index is -0.244. The second kappa shape index (κ2) is 6.52. The first kappa shape index (κ1) is 15.6. The quantitative estimate of drug-likeness (QED) is 0.765. The number of fused-ring (bicyclic) bond motifs is 1. The van der Waals surface area contributed by atoms with E-state index < -0.39 is 0 Å². The van der Waals surface area contributed by atoms with Crippen LogP contribution in [0.15, 0.2) is 42.7 Å². The number of aromatic nitrogens is 3. The molecule has 7 nitrogen and oxygen atoms in total. The molecule has 1 aromatic carbocycles. The number of aromatic amines is 1. The summed E-state index contributed by atoms with van der Waals surface area (Å²) >= 11 is 0. The molecule has 3 heterocycles. The number of rotatable bonds is 3. The minimum absolute atomic E-state index is 0.244. The van der Waals surface area contributed by atoms with Crippen LogP contribution in [0.1, 0.15) is 10.5 Å². The Bertz CT molecular complexity index is 880. The molecule has 0 aliphatic carbocycles. The lowest BCUT2D eigenvalue weighted by atomic mass is 10.2. The van der Waals surface area contributed by atoms with Gasteiger partial charge in [-0.1, -0.05) is 0 Å². The molecule has 7 heteroatoms. The van der Waals surface area contributed by atoms with E-state index in [0.717, 1.165) is 37.4 Å². The van der Waals surface area contributed by atoms with Crippen molar-refractivity contribution in [3.05, 3.63) is 48.4 Å². The number of amides is 1. The van der Waals surface area contributed by atoms with E-state index in [1.807, 2.05) is 24.3 Å². The highest BCUT2D eigenvalue weighted by Crippen LogP contribution is 2.20. The summed E-state index contributed by atoms with van der Waals surface area (Å²) in [6, 6.07) is 9.75. The number of H-pyrrole nitrogens is 1. The highest BCUT2D eigenvalue weighted by molar-refractivity contribution is 6.10. The van der Waals surface area contributed by atoms with Crippen LogP contribution in [0.25, 0.3) is 10.9 Å². The first-order valence-corrected chi connectivity index (χ1v) is 8.34. The van der Waals surface area contributed by atoms with Gasteiger partial charge in [-0.25, -0.2) is 0 Å². The van der Waals surface area contributed by atoms with Gasteiger partial charge in [0.25, 0.3) is 5.91 Å². The van der Waals surface area contributed by atoms with Gasteiger partial charge in [0.1, 0.15) is 0 Å². The van der Waals surface area contributed by atoms with Gasteiger partial charge < -0.3 is 15.1 Å². The summed E-state index contributed by atoms with van der Waals surface area (Å²) in [5, 5.41) is 10.6. The van der Waals surface area contributed by atoms with Gasteiger partial charge in [-0.3, -0.25) is 14.9 Å². The Morgan fingerprint density at radius 3 is 2.64 bits per heavy atom. The van der Waals surface area contributed by atoms with Gasteiger partial charge in [-0.05, 0) is 37.4 Å². The molecule has 0 unspecified atom stereocenters. The molecule has 1 fully saturated rings. The number of likely N-dealkylation sites (N-methyl/N-ethyl adjacent to an activating group) is 1. The number of hydrogen-bond acceptors (Lipinski definition) is 5. The minimum Gasteiger partial charge on any atom is -0.369 e. The number of hydrogen-bond donors (Lipinski definition) is 2. The molecule has 1 aliphatic heterocycles. The fraction of sp³-hybridized carbons (Fsp3) is 0.278. The zero-order valence-electron chi connectivity index (χ0n) is 14.1. The SMILES string of the molecule is CN1CCN(c2ccc(NC(=O)c3n[nH]c4ccncc34)cc2)CC1. The molecule has 4 rings (SSSR count). The van der Waals surface area contributed by atoms with Crippen LogP contribution in [0.2, 0.25) is 0 Å². The Hall–Kier alpha value is -2.93. The number of benzene rings is 1. The first-order valence-electron chi connectivity index (χ1n) is 8.34. The van der Waals surface area contributed by atoms with Crippen molar-refractivity contribution in [2.75, 3.05) is 43.4 Å². The van der Waals surface area contributed by atoms with Gasteiger partial charge in [0.05, 0.1) is 10.9 Å². The zero-order chi connectivity index (χ0) is 17.2. The van der Waals surface area contributed by atoms with Crippen LogP contribution in [0.3, 0.4) is 0 Å². The van der Waals surface area contributed by atoms with E-state index >= 15 is 0 Å². The summed E-state index contributed by atoms with van der Waals surface area (Å²) in [6.45, 7) is 4.18. The van der Waals surface area contributed by atoms with Crippen molar-refractivity contribution in [2.45, 2.75) is 0 Å². The molecule has 128 valence electrons. The summed E-state index contributed by atoms with van der Waals surface area (Å²) in [6.07, 6.45) is 3.31. The van der Waals surface area contributed by atoms with E-state index in [-0.39, 0.29) is 5.91 Å². The van der Waals surface area contributed by atoms with E-state index in [0.29, 0.717) is 11.1 Å². The van der Waals surface area contributed by atoms with Crippen LogP contribution >= 0.6 is 0 Å². The summed E-state index contributed by atoms with van der Waals surface area (Å²) in [4.78, 5) is 21.2. The molecule has 0 spiro atoms. The normalized spacial score (nSPS) is 15.5. The van der Waals surface area contributed by atoms with Crippen molar-refractivity contribution in [3.8, 4) is 0 Å². The average Bonchev–Trinajstić information content (AvgIpc) is 3.07. The second-order valence-electron chi connectivity index (χ2n) is 6.28. The Kier molecular flexibility index (Phi) is 4.07. The number of piperazine rings is 1. The predicted octanol–water partition coefficient (Wildman–Crippen LogP) is 1.96. The van der Waals surface area contributed by atoms with Gasteiger partial charge in [-0.15, -0.1) is 0 Å². The molecule has 0 bridgehead atoms. The fourth-order valence-corrected chi connectivity index (χ4v) is 3.04. The van der Waals surface area contributed by atoms with Gasteiger partial charge in [0.15, 0.2) is 5.69 Å². The Balaban J connectivity index is 1.46. The molecule has 25 heavy (non-hydrogen) atoms. The monoisotopic (exact) mass is 336 g/mol. The van der Waals surface area contributed by atoms with E-state index in [9.17, 15) is 4.79 Å². The summed E-state index contributed by atoms with van der Waals surface area (Å²) in [7, 11) is 2.14. The van der Waals surface area contributed by atoms with Crippen LogP contribution < -0.4 is 10.2 Å². The van der Waals surface area contributed by atoms with Crippen LogP contribution in [0.4, 0.5) is 11.4 Å². The maximum atomic E-state index is 12.5. The van der Waals surface area contributed by atoms with Gasteiger partial charge in [-0.2, -0.15) is 5.10 Å². The molecule has 0 atom stereocenters. The molecule has 3 aromatic rings. The van der Waals surface area contributed by atoms with Gasteiger partial charge in [0.2, 0.25) is 0 Å². The third kappa shape index (κ3) is 3.18. The smallest absolute Gasteiger partial charge is 0.276 e. The number of nitrogens with one attached hydrogen (secondary N) is 2. The highest BCUT2D eigenvalue weighted by Gasteiger charge is 2.16. The highest BCUT2D eigenvalue weighted by atomic mass is 16.1. The van der Waals surface area contributed by atoms with Crippen LogP contribution in [0, 0.1) is 0 Å². The van der Waals surface area contributed by atoms with E-state index in [4.69, 9.17) is 0 Å². The molecule has 1 amide bonds. The van der Waals surface area contributed by atoms with E-state index in [1.54, 1.807) is 18.5 Å². The maximum Gasteiger partial charge on any atom is 0.276 e. The standard InChI is InChI=1S/C18H20N6O/c1-23-8-10-24(11-9-23)14-4-2-13(3-5-14)20-18(25)17-15-12-19-7-6-16(15)21-22-17/h2-7,12H,8-11H2,1H3,(H,20,25)(H,21,22). The van der Waals surface area contributed by atoms with Crippen LogP contribution in [0.5, 0.6) is 0 Å². The van der Waals surface area contributed by atoms with Gasteiger partial charge in [0, 0.05) is 49.9 Å². The lowest BCUT2D eigenvalue weighted by Crippen LogP contribution is -2.44. The number of pyridine rings is 1. The van der Waals surface area contributed by atoms with Crippen molar-refractivity contribution in [2.24, 2.45) is 0 Å². The lowest BCUT2D eigenvalue weighted by Gasteiger charge is -2.34. The molecule has 0 radical (unpaired) electrons. The fourth-order valence-electron chi connectivity index (χ4n) is 3.04. The Morgan fingerprint density at radius 1 is 1.12 bits per heavy atom. The van der Waals surface area contributed by atoms with Crippen molar-refractivity contribution < 1.29 is 4.79 Å². The summed E-state index contributed by atoms with van der Waals surface area (Å²) < 4.78 is 0. The third-order valence-corrected chi connectivity index (χ3v) is 4.57. The largest absolute Gasteiger partial charge is 0.369 e. The maximum absolute atomic E-state index is 12.5. The topological polar surface area (TPSA) is 77.1 Å². The number of carbonyl (C=O) groups is 1. The number of carbonyl (C=O) groups excluding carboxylic acids is 1. The van der Waals surface area contributed by atoms with Crippen molar-refractivity contribution in [1.29, 1.82) is 0 Å². The molecular weight excluding hydrogens is 316 g/mol. The van der Waals surface area contributed by atoms with Crippen molar-refractivity contribution in [1.82, 2.24) is 20.1 Å². The molecule has 2 N–H and O–H groups in total. The van der Waals surface area contributed by atoms with Crippen LogP contribution in [-0.4, -0.2) is 59.2 Å². The van der Waals surface area contributed by atoms with E-state index in [2.05, 4.69) is 37.3 Å². The number of anilines is 2. The predicted molar refractivity (Wildman–Crippen MR) is 98.0 cm³/mol. The average molecular weight is 336 g/mol. The molecular formula is C18H20N6O. The molecule has 0 saturated carbocycles. The molecule has 1 saturated heterocycles. The van der Waals surface area contributed by atoms with Crippen LogP contribution in [-0.2, 0) is 0 Å².